The first-order chi connectivity index (χ1) is 26.7. The molecule has 2 bridgehead atoms. The highest BCUT2D eigenvalue weighted by Crippen LogP contribution is 2.77. The highest BCUT2D eigenvalue weighted by molar-refractivity contribution is 6.52. The van der Waals surface area contributed by atoms with Crippen LogP contribution >= 0.6 is 0 Å². The van der Waals surface area contributed by atoms with Gasteiger partial charge < -0.3 is 4.74 Å². The highest BCUT2D eigenvalue weighted by Gasteiger charge is 2.62. The summed E-state index contributed by atoms with van der Waals surface area (Å²) in [6.07, 6.45) is 15.1. The Morgan fingerprint density at radius 3 is 2.43 bits per heavy atom. The summed E-state index contributed by atoms with van der Waals surface area (Å²) in [7, 11) is 1.54. The summed E-state index contributed by atoms with van der Waals surface area (Å²) in [6, 6.07) is 21.7. The van der Waals surface area contributed by atoms with Crippen LogP contribution in [0.5, 0.6) is 0 Å². The lowest BCUT2D eigenvalue weighted by atomic mass is 9.52. The third-order valence-corrected chi connectivity index (χ3v) is 17.3. The van der Waals surface area contributed by atoms with E-state index >= 15 is 0 Å². The molecule has 17 rings (SSSR count). The SMILES string of the molecule is COC(=O)CCCC1(c2ccccc2)c2c3c4c5c6c7c8c9c%10c%11ccc%12c%13ccc(c2c%13c(c%12%10)c3c59)=C2C=CC3=C5C=CC(C7CCC8%11)C6C5=C4C3C21. The summed E-state index contributed by atoms with van der Waals surface area (Å²) in [5.41, 5.74) is 19.2. The Kier molecular flexibility index (Phi) is 3.76. The molecule has 0 amide bonds. The molecule has 0 fully saturated rings. The van der Waals surface area contributed by atoms with Crippen molar-refractivity contribution < 1.29 is 9.53 Å². The summed E-state index contributed by atoms with van der Waals surface area (Å²) < 4.78 is 5.31. The summed E-state index contributed by atoms with van der Waals surface area (Å²) in [5.74, 6) is 2.56. The van der Waals surface area contributed by atoms with E-state index in [9.17, 15) is 4.79 Å². The first-order valence-electron chi connectivity index (χ1n) is 20.5. The van der Waals surface area contributed by atoms with Gasteiger partial charge in [-0.15, -0.1) is 0 Å². The lowest BCUT2D eigenvalue weighted by molar-refractivity contribution is -0.140. The predicted octanol–water partition coefficient (Wildman–Crippen LogP) is 10.9. The van der Waals surface area contributed by atoms with Crippen LogP contribution in [0.25, 0.3) is 75.8 Å². The first kappa shape index (κ1) is 26.3. The molecular formula is C52H32O2. The number of ether oxygens (including phenoxy) is 1. The third kappa shape index (κ3) is 2.18. The molecule has 7 unspecified atom stereocenters. The minimum atomic E-state index is -0.316. The zero-order valence-electron chi connectivity index (χ0n) is 29.8. The van der Waals surface area contributed by atoms with E-state index in [0.717, 1.165) is 12.8 Å². The van der Waals surface area contributed by atoms with Gasteiger partial charge in [0.25, 0.3) is 0 Å². The fraction of sp³-hybridized carbons (Fsp3) is 0.250. The number of hydrogen-bond acceptors (Lipinski definition) is 2. The number of carbonyl (C=O) groups excluding carboxylic acids is 1. The second-order valence-electron chi connectivity index (χ2n) is 18.5. The molecule has 8 aromatic carbocycles. The van der Waals surface area contributed by atoms with Crippen LogP contribution in [0.4, 0.5) is 0 Å². The lowest BCUT2D eigenvalue weighted by Gasteiger charge is -2.50. The lowest BCUT2D eigenvalue weighted by Crippen LogP contribution is -2.46. The van der Waals surface area contributed by atoms with Crippen molar-refractivity contribution in [2.45, 2.75) is 55.3 Å². The van der Waals surface area contributed by atoms with Gasteiger partial charge in [0.2, 0.25) is 0 Å². The maximum absolute atomic E-state index is 13.0. The van der Waals surface area contributed by atoms with Gasteiger partial charge >= 0.3 is 5.97 Å². The smallest absolute Gasteiger partial charge is 0.305 e. The standard InChI is InChI=1S/C52H32O2/c1-54-31(53)8-5-19-52(20-6-3-2-4-7-20)50-30-18-17-28-27-14-13-24-23-10-9-21-22-11-12-25-26-15-16-29(30)39-38(26)43-35(25)34(22)41-32(21)33(23)42-36(24)37(27)44(40(28)50)48-46(42)45(41)47(43)49(48)51(39)52/h2-4,6-7,11-18,21,23-24,36,40,50H,5,8-10,19H2,1H3. The molecular weight excluding hydrogens is 657 g/mol. The monoisotopic (exact) mass is 688 g/mol. The molecule has 8 aromatic rings. The van der Waals surface area contributed by atoms with Gasteiger partial charge in [0, 0.05) is 35.5 Å². The van der Waals surface area contributed by atoms with Crippen LogP contribution in [0, 0.1) is 17.8 Å². The second-order valence-corrected chi connectivity index (χ2v) is 18.5. The normalized spacial score (nSPS) is 30.2. The van der Waals surface area contributed by atoms with Crippen molar-refractivity contribution in [3.05, 3.63) is 140 Å². The number of rotatable bonds is 5. The number of esters is 1. The predicted molar refractivity (Wildman–Crippen MR) is 216 cm³/mol. The van der Waals surface area contributed by atoms with Crippen molar-refractivity contribution in [3.63, 3.8) is 0 Å². The number of hydrogen-bond donors (Lipinski definition) is 0. The topological polar surface area (TPSA) is 26.3 Å². The van der Waals surface area contributed by atoms with Crippen LogP contribution in [0.3, 0.4) is 0 Å². The second kappa shape index (κ2) is 7.71. The van der Waals surface area contributed by atoms with Gasteiger partial charge in [-0.05, 0) is 174 Å². The van der Waals surface area contributed by atoms with Crippen LogP contribution < -0.4 is 5.22 Å². The van der Waals surface area contributed by atoms with Crippen LogP contribution in [0.2, 0.25) is 0 Å². The number of benzene rings is 6. The molecule has 0 aromatic heterocycles. The van der Waals surface area contributed by atoms with Crippen molar-refractivity contribution in [2.24, 2.45) is 17.8 Å². The summed E-state index contributed by atoms with van der Waals surface area (Å²) in [5, 5.41) is 20.2. The molecule has 0 aliphatic heterocycles. The van der Waals surface area contributed by atoms with Crippen LogP contribution in [-0.2, 0) is 14.9 Å². The molecule has 0 radical (unpaired) electrons. The molecule has 0 N–H and O–H groups in total. The molecule has 0 spiro atoms. The maximum Gasteiger partial charge on any atom is 0.305 e. The molecule has 0 heterocycles. The number of carbonyl (C=O) groups is 1. The Labute approximate surface area is 310 Å². The van der Waals surface area contributed by atoms with Gasteiger partial charge in [-0.1, -0.05) is 78.9 Å². The minimum absolute atomic E-state index is 0.102. The Balaban J connectivity index is 1.23. The van der Waals surface area contributed by atoms with E-state index in [4.69, 9.17) is 4.74 Å². The summed E-state index contributed by atoms with van der Waals surface area (Å²) in [4.78, 5) is 13.0. The van der Waals surface area contributed by atoms with Crippen LogP contribution in [0.1, 0.15) is 88.8 Å². The van der Waals surface area contributed by atoms with Gasteiger partial charge in [0.15, 0.2) is 0 Å². The van der Waals surface area contributed by atoms with Gasteiger partial charge in [-0.25, -0.2) is 0 Å². The Morgan fingerprint density at radius 1 is 0.722 bits per heavy atom. The third-order valence-electron chi connectivity index (χ3n) is 17.3. The van der Waals surface area contributed by atoms with Gasteiger partial charge in [0.05, 0.1) is 7.11 Å². The van der Waals surface area contributed by atoms with Gasteiger partial charge in [-0.2, -0.15) is 0 Å². The molecule has 2 heteroatoms. The molecule has 0 saturated heterocycles. The first-order valence-corrected chi connectivity index (χ1v) is 20.5. The van der Waals surface area contributed by atoms with Crippen molar-refractivity contribution in [1.29, 1.82) is 0 Å². The van der Waals surface area contributed by atoms with Crippen LogP contribution in [0.15, 0.2) is 95.6 Å². The number of allylic oxidation sites excluding steroid dienone is 8. The zero-order valence-corrected chi connectivity index (χ0v) is 29.8. The molecule has 7 atom stereocenters. The van der Waals surface area contributed by atoms with E-state index in [2.05, 4.69) is 78.9 Å². The highest BCUT2D eigenvalue weighted by atomic mass is 16.5. The Hall–Kier alpha value is -5.47. The summed E-state index contributed by atoms with van der Waals surface area (Å²) >= 11 is 0. The molecule has 9 aliphatic carbocycles. The molecule has 2 nitrogen and oxygen atoms in total. The van der Waals surface area contributed by atoms with E-state index in [1.165, 1.54) is 56.3 Å². The fourth-order valence-corrected chi connectivity index (χ4v) is 16.2. The average molecular weight is 689 g/mol. The van der Waals surface area contributed by atoms with Crippen molar-refractivity contribution in [2.75, 3.05) is 7.11 Å². The number of fused-ring (bicyclic) bond motifs is 3. The van der Waals surface area contributed by atoms with E-state index in [1.54, 1.807) is 100 Å². The molecule has 252 valence electrons. The minimum Gasteiger partial charge on any atom is -0.469 e. The Morgan fingerprint density at radius 2 is 1.54 bits per heavy atom. The van der Waals surface area contributed by atoms with E-state index in [0.29, 0.717) is 30.1 Å². The summed E-state index contributed by atoms with van der Waals surface area (Å²) in [6.45, 7) is 0. The van der Waals surface area contributed by atoms with Crippen molar-refractivity contribution >= 4 is 81.8 Å². The van der Waals surface area contributed by atoms with E-state index in [1.807, 2.05) is 0 Å². The Bertz CT molecular complexity index is 3500. The van der Waals surface area contributed by atoms with Crippen molar-refractivity contribution in [1.82, 2.24) is 0 Å². The van der Waals surface area contributed by atoms with Crippen molar-refractivity contribution in [3.8, 4) is 0 Å². The largest absolute Gasteiger partial charge is 0.469 e. The van der Waals surface area contributed by atoms with E-state index in [-0.39, 0.29) is 23.2 Å². The van der Waals surface area contributed by atoms with Crippen LogP contribution in [-0.4, -0.2) is 13.1 Å². The fourth-order valence-electron chi connectivity index (χ4n) is 16.2. The molecule has 9 aliphatic rings. The zero-order chi connectivity index (χ0) is 34.4. The maximum atomic E-state index is 13.0. The number of methoxy groups -OCH3 is 1. The molecule has 0 saturated carbocycles. The van der Waals surface area contributed by atoms with Gasteiger partial charge in [0.1, 0.15) is 0 Å². The molecule has 54 heavy (non-hydrogen) atoms. The van der Waals surface area contributed by atoms with E-state index < -0.39 is 0 Å². The quantitative estimate of drug-likeness (QED) is 0.133. The van der Waals surface area contributed by atoms with Gasteiger partial charge in [-0.3, -0.25) is 4.79 Å². The average Bonchev–Trinajstić information content (AvgIpc) is 3.98.